The molecule has 0 heterocycles. The van der Waals surface area contributed by atoms with Crippen LogP contribution in [0.3, 0.4) is 0 Å². The summed E-state index contributed by atoms with van der Waals surface area (Å²) in [6, 6.07) is 11.3. The lowest BCUT2D eigenvalue weighted by molar-refractivity contribution is -0.155. The summed E-state index contributed by atoms with van der Waals surface area (Å²) >= 11 is 0. The number of nitrogens with one attached hydrogen (secondary N) is 1. The van der Waals surface area contributed by atoms with Crippen LogP contribution in [0.4, 0.5) is 5.69 Å². The number of rotatable bonds is 9. The Morgan fingerprint density at radius 3 is 2.40 bits per heavy atom. The summed E-state index contributed by atoms with van der Waals surface area (Å²) in [6.45, 7) is 2.96. The number of nitrogens with two attached hydrogens (primary N) is 1. The largest absolute Gasteiger partial charge is 0.493 e. The van der Waals surface area contributed by atoms with Gasteiger partial charge in [-0.1, -0.05) is 18.2 Å². The van der Waals surface area contributed by atoms with Crippen LogP contribution in [-0.4, -0.2) is 37.6 Å². The summed E-state index contributed by atoms with van der Waals surface area (Å²) in [6.07, 6.45) is 2.75. The van der Waals surface area contributed by atoms with E-state index < -0.39 is 23.9 Å². The third-order valence-electron chi connectivity index (χ3n) is 4.01. The lowest BCUT2D eigenvalue weighted by atomic mass is 10.2. The molecule has 8 heteroatoms. The molecule has 0 saturated carbocycles. The van der Waals surface area contributed by atoms with E-state index in [-0.39, 0.29) is 6.61 Å². The van der Waals surface area contributed by atoms with Gasteiger partial charge < -0.3 is 25.3 Å². The van der Waals surface area contributed by atoms with Gasteiger partial charge in [0.15, 0.2) is 24.2 Å². The van der Waals surface area contributed by atoms with Crippen LogP contribution in [0.25, 0.3) is 6.08 Å². The highest BCUT2D eigenvalue weighted by atomic mass is 16.6. The molecule has 0 radical (unpaired) electrons. The number of carbonyl (C=O) groups is 3. The van der Waals surface area contributed by atoms with E-state index in [9.17, 15) is 14.4 Å². The van der Waals surface area contributed by atoms with Crippen molar-refractivity contribution in [2.45, 2.75) is 20.0 Å². The fraction of sp³-hybridized carbons (Fsp3) is 0.227. The van der Waals surface area contributed by atoms with Gasteiger partial charge in [0.1, 0.15) is 0 Å². The Balaban J connectivity index is 1.88. The second-order valence-corrected chi connectivity index (χ2v) is 6.26. The molecular formula is C22H24N2O6. The molecule has 0 aliphatic rings. The van der Waals surface area contributed by atoms with Crippen molar-refractivity contribution in [3.63, 3.8) is 0 Å². The molecule has 3 N–H and O–H groups in total. The summed E-state index contributed by atoms with van der Waals surface area (Å²) in [5.74, 6) is -0.939. The van der Waals surface area contributed by atoms with Crippen LogP contribution in [0.15, 0.2) is 48.5 Å². The van der Waals surface area contributed by atoms with Crippen molar-refractivity contribution in [3.8, 4) is 11.5 Å². The number of methoxy groups -OCH3 is 1. The number of ether oxygens (including phenoxy) is 3. The summed E-state index contributed by atoms with van der Waals surface area (Å²) < 4.78 is 15.8. The minimum absolute atomic E-state index is 0.318. The standard InChI is InChI=1S/C22H24N2O6/c1-4-5-15-6-11-18(19(12-15)28-3)29-13-20(25)30-14(2)22(27)24-17-9-7-16(8-10-17)21(23)26/h4-12,14H,13H2,1-3H3,(H2,23,26)(H,24,27)/b5-4+/t14-/m0/s1. The van der Waals surface area contributed by atoms with E-state index in [1.165, 1.54) is 38.3 Å². The number of hydrogen-bond acceptors (Lipinski definition) is 6. The van der Waals surface area contributed by atoms with Crippen LogP contribution >= 0.6 is 0 Å². The molecule has 2 rings (SSSR count). The molecule has 0 aliphatic carbocycles. The first kappa shape index (κ1) is 22.5. The van der Waals surface area contributed by atoms with E-state index in [4.69, 9.17) is 19.9 Å². The average molecular weight is 412 g/mol. The fourth-order valence-electron chi connectivity index (χ4n) is 2.48. The molecule has 2 amide bonds. The van der Waals surface area contributed by atoms with Gasteiger partial charge in [0, 0.05) is 11.3 Å². The first-order valence-electron chi connectivity index (χ1n) is 9.17. The minimum Gasteiger partial charge on any atom is -0.493 e. The highest BCUT2D eigenvalue weighted by molar-refractivity contribution is 5.96. The van der Waals surface area contributed by atoms with Crippen LogP contribution in [0.1, 0.15) is 29.8 Å². The van der Waals surface area contributed by atoms with E-state index in [2.05, 4.69) is 5.32 Å². The zero-order valence-electron chi connectivity index (χ0n) is 17.0. The number of hydrogen-bond donors (Lipinski definition) is 2. The highest BCUT2D eigenvalue weighted by Crippen LogP contribution is 2.28. The minimum atomic E-state index is -1.05. The Bertz CT molecular complexity index is 937. The molecule has 8 nitrogen and oxygen atoms in total. The van der Waals surface area contributed by atoms with Crippen LogP contribution in [0.2, 0.25) is 0 Å². The number of amides is 2. The predicted molar refractivity (Wildman–Crippen MR) is 112 cm³/mol. The van der Waals surface area contributed by atoms with Gasteiger partial charge in [-0.3, -0.25) is 9.59 Å². The summed E-state index contributed by atoms with van der Waals surface area (Å²) in [4.78, 5) is 35.3. The van der Waals surface area contributed by atoms with Gasteiger partial charge in [-0.15, -0.1) is 0 Å². The molecule has 0 fully saturated rings. The van der Waals surface area contributed by atoms with Crippen molar-refractivity contribution < 1.29 is 28.6 Å². The van der Waals surface area contributed by atoms with Crippen molar-refractivity contribution in [3.05, 3.63) is 59.7 Å². The number of esters is 1. The van der Waals surface area contributed by atoms with Gasteiger partial charge in [-0.05, 0) is 55.8 Å². The maximum absolute atomic E-state index is 12.2. The van der Waals surface area contributed by atoms with Crippen molar-refractivity contribution in [2.75, 3.05) is 19.0 Å². The third kappa shape index (κ3) is 6.37. The highest BCUT2D eigenvalue weighted by Gasteiger charge is 2.19. The molecule has 0 saturated heterocycles. The molecule has 30 heavy (non-hydrogen) atoms. The first-order chi connectivity index (χ1) is 14.3. The second-order valence-electron chi connectivity index (χ2n) is 6.26. The number of allylic oxidation sites excluding steroid dienone is 1. The maximum atomic E-state index is 12.2. The quantitative estimate of drug-likeness (QED) is 0.612. The van der Waals surface area contributed by atoms with Crippen LogP contribution in [0.5, 0.6) is 11.5 Å². The molecule has 2 aromatic carbocycles. The zero-order valence-corrected chi connectivity index (χ0v) is 17.0. The predicted octanol–water partition coefficient (Wildman–Crippen LogP) is 2.78. The molecule has 158 valence electrons. The molecule has 0 bridgehead atoms. The van der Waals surface area contributed by atoms with Gasteiger partial charge in [-0.25, -0.2) is 4.79 Å². The van der Waals surface area contributed by atoms with E-state index in [1.807, 2.05) is 25.1 Å². The first-order valence-corrected chi connectivity index (χ1v) is 9.17. The molecule has 0 spiro atoms. The van der Waals surface area contributed by atoms with Gasteiger partial charge >= 0.3 is 5.97 Å². The van der Waals surface area contributed by atoms with Gasteiger partial charge in [-0.2, -0.15) is 0 Å². The average Bonchev–Trinajstić information content (AvgIpc) is 2.73. The van der Waals surface area contributed by atoms with Crippen LogP contribution in [0, 0.1) is 0 Å². The Morgan fingerprint density at radius 2 is 1.80 bits per heavy atom. The smallest absolute Gasteiger partial charge is 0.344 e. The third-order valence-corrected chi connectivity index (χ3v) is 4.01. The van der Waals surface area contributed by atoms with Crippen LogP contribution < -0.4 is 20.5 Å². The number of anilines is 1. The van der Waals surface area contributed by atoms with Gasteiger partial charge in [0.05, 0.1) is 7.11 Å². The van der Waals surface area contributed by atoms with Crippen molar-refractivity contribution >= 4 is 29.5 Å². The van der Waals surface area contributed by atoms with Crippen molar-refractivity contribution in [1.29, 1.82) is 0 Å². The molecule has 0 aromatic heterocycles. The fourth-order valence-corrected chi connectivity index (χ4v) is 2.48. The molecule has 2 aromatic rings. The maximum Gasteiger partial charge on any atom is 0.344 e. The topological polar surface area (TPSA) is 117 Å². The Kier molecular flexibility index (Phi) is 7.99. The molecule has 1 atom stereocenters. The molecular weight excluding hydrogens is 388 g/mol. The van der Waals surface area contributed by atoms with E-state index >= 15 is 0 Å². The van der Waals surface area contributed by atoms with Gasteiger partial charge in [0.2, 0.25) is 5.91 Å². The SMILES string of the molecule is C/C=C/c1ccc(OCC(=O)O[C@@H](C)C(=O)Nc2ccc(C(N)=O)cc2)c(OC)c1. The lowest BCUT2D eigenvalue weighted by Crippen LogP contribution is -2.31. The van der Waals surface area contributed by atoms with E-state index in [0.29, 0.717) is 22.7 Å². The Morgan fingerprint density at radius 1 is 1.10 bits per heavy atom. The van der Waals surface area contributed by atoms with Crippen molar-refractivity contribution in [1.82, 2.24) is 0 Å². The summed E-state index contributed by atoms with van der Waals surface area (Å²) in [5, 5.41) is 2.59. The van der Waals surface area contributed by atoms with E-state index in [0.717, 1.165) is 5.56 Å². The Labute approximate surface area is 174 Å². The number of primary amides is 1. The Hall–Kier alpha value is -3.81. The lowest BCUT2D eigenvalue weighted by Gasteiger charge is -2.15. The number of benzene rings is 2. The van der Waals surface area contributed by atoms with Crippen LogP contribution in [-0.2, 0) is 14.3 Å². The second kappa shape index (κ2) is 10.7. The summed E-state index contributed by atoms with van der Waals surface area (Å²) in [7, 11) is 1.50. The molecule has 0 aliphatic heterocycles. The van der Waals surface area contributed by atoms with Crippen molar-refractivity contribution in [2.24, 2.45) is 5.73 Å². The number of carbonyl (C=O) groups excluding carboxylic acids is 3. The normalized spacial score (nSPS) is 11.6. The van der Waals surface area contributed by atoms with E-state index in [1.54, 1.807) is 12.1 Å². The molecule has 0 unspecified atom stereocenters. The monoisotopic (exact) mass is 412 g/mol. The summed E-state index contributed by atoms with van der Waals surface area (Å²) in [5.41, 5.74) is 6.86. The zero-order chi connectivity index (χ0) is 22.1. The van der Waals surface area contributed by atoms with Gasteiger partial charge in [0.25, 0.3) is 5.91 Å².